The molecule has 5 heterocycles. The molecule has 2 aliphatic rings. The van der Waals surface area contributed by atoms with Gasteiger partial charge in [0.25, 0.3) is 0 Å². The highest BCUT2D eigenvalue weighted by molar-refractivity contribution is 9.11. The summed E-state index contributed by atoms with van der Waals surface area (Å²) in [5, 5.41) is 0. The Kier molecular flexibility index (Phi) is 8.79. The van der Waals surface area contributed by atoms with Crippen molar-refractivity contribution in [1.82, 2.24) is 19.9 Å². The van der Waals surface area contributed by atoms with Crippen LogP contribution in [0.1, 0.15) is 28.3 Å². The Morgan fingerprint density at radius 2 is 1.12 bits per heavy atom. The summed E-state index contributed by atoms with van der Waals surface area (Å²) in [5.41, 5.74) is 15.6. The summed E-state index contributed by atoms with van der Waals surface area (Å²) in [5.74, 6) is 0. The quantitative estimate of drug-likeness (QED) is 0.185. The predicted octanol–water partition coefficient (Wildman–Crippen LogP) is 14.1. The minimum atomic E-state index is 0.846. The van der Waals surface area contributed by atoms with Crippen LogP contribution in [0.15, 0.2) is 145 Å². The maximum atomic E-state index is 5.47. The van der Waals surface area contributed by atoms with E-state index in [2.05, 4.69) is 213 Å². The number of nitrogens with one attached hydrogen (secondary N) is 2. The first-order chi connectivity index (χ1) is 25.4. The SMILES string of the molecule is Brc1ccc(-c2c(-c3cccc(Br)c3)c3cc4nc(cc5ccc(cc6nc(c(-c7cccc(Br)c7)c2[nH]3)C(c2ccccc2Br)=C6)[nH]5)C=C4)cc1. The normalized spacial score (nSPS) is 12.3. The molecule has 0 fully saturated rings. The van der Waals surface area contributed by atoms with Gasteiger partial charge in [-0.15, -0.1) is 0 Å². The number of H-pyrrole nitrogens is 2. The van der Waals surface area contributed by atoms with Crippen molar-refractivity contribution in [3.63, 3.8) is 0 Å². The van der Waals surface area contributed by atoms with Crippen LogP contribution in [0, 0.1) is 0 Å². The number of rotatable bonds is 4. The molecule has 4 nitrogen and oxygen atoms in total. The minimum absolute atomic E-state index is 0.846. The molecule has 8 heteroatoms. The fourth-order valence-corrected chi connectivity index (χ4v) is 8.48. The number of benzene rings is 4. The van der Waals surface area contributed by atoms with Crippen molar-refractivity contribution < 1.29 is 0 Å². The Hall–Kier alpha value is -4.60. The maximum absolute atomic E-state index is 5.47. The molecular weight excluding hydrogens is 904 g/mol. The molecule has 0 aliphatic carbocycles. The molecule has 4 aromatic carbocycles. The summed E-state index contributed by atoms with van der Waals surface area (Å²) in [6.45, 7) is 0. The van der Waals surface area contributed by atoms with Crippen LogP contribution in [-0.2, 0) is 0 Å². The number of fused-ring (bicyclic) bond motifs is 8. The Bertz CT molecular complexity index is 2790. The monoisotopic (exact) mass is 926 g/mol. The number of halogens is 4. The van der Waals surface area contributed by atoms with Crippen molar-refractivity contribution in [1.29, 1.82) is 0 Å². The van der Waals surface area contributed by atoms with Gasteiger partial charge in [0.2, 0.25) is 0 Å². The van der Waals surface area contributed by atoms with Crippen LogP contribution in [-0.4, -0.2) is 19.9 Å². The number of aromatic amines is 2. The highest BCUT2D eigenvalue weighted by atomic mass is 79.9. The molecule has 7 aromatic rings. The van der Waals surface area contributed by atoms with E-state index in [0.29, 0.717) is 0 Å². The molecule has 0 radical (unpaired) electrons. The van der Waals surface area contributed by atoms with Crippen molar-refractivity contribution in [2.45, 2.75) is 0 Å². The minimum Gasteiger partial charge on any atom is -0.355 e. The number of hydrogen-bond acceptors (Lipinski definition) is 2. The summed E-state index contributed by atoms with van der Waals surface area (Å²) in [6, 6.07) is 44.3. The molecular formula is C44H26Br4N4. The topological polar surface area (TPSA) is 57.4 Å². The van der Waals surface area contributed by atoms with Crippen molar-refractivity contribution in [3.05, 3.63) is 174 Å². The first-order valence-corrected chi connectivity index (χ1v) is 19.7. The van der Waals surface area contributed by atoms with Crippen molar-refractivity contribution in [3.8, 4) is 33.4 Å². The third-order valence-corrected chi connectivity index (χ3v) is 11.3. The van der Waals surface area contributed by atoms with E-state index >= 15 is 0 Å². The van der Waals surface area contributed by atoms with E-state index in [-0.39, 0.29) is 0 Å². The van der Waals surface area contributed by atoms with Crippen LogP contribution in [0.4, 0.5) is 0 Å². The zero-order valence-corrected chi connectivity index (χ0v) is 33.6. The summed E-state index contributed by atoms with van der Waals surface area (Å²) in [7, 11) is 0. The zero-order chi connectivity index (χ0) is 35.3. The molecule has 9 rings (SSSR count). The molecule has 8 bridgehead atoms. The summed E-state index contributed by atoms with van der Waals surface area (Å²) in [6.07, 6.45) is 6.31. The highest BCUT2D eigenvalue weighted by Gasteiger charge is 2.25. The van der Waals surface area contributed by atoms with Crippen LogP contribution in [0.3, 0.4) is 0 Å². The van der Waals surface area contributed by atoms with Gasteiger partial charge in [-0.2, -0.15) is 0 Å². The van der Waals surface area contributed by atoms with Gasteiger partial charge >= 0.3 is 0 Å². The smallest absolute Gasteiger partial charge is 0.0815 e. The lowest BCUT2D eigenvalue weighted by atomic mass is 9.91. The molecule has 0 spiro atoms. The van der Waals surface area contributed by atoms with Crippen molar-refractivity contribution in [2.75, 3.05) is 0 Å². The zero-order valence-electron chi connectivity index (χ0n) is 27.3. The molecule has 0 saturated heterocycles. The van der Waals surface area contributed by atoms with E-state index < -0.39 is 0 Å². The summed E-state index contributed by atoms with van der Waals surface area (Å²) < 4.78 is 3.98. The molecule has 52 heavy (non-hydrogen) atoms. The molecule has 0 amide bonds. The maximum Gasteiger partial charge on any atom is 0.0815 e. The van der Waals surface area contributed by atoms with Gasteiger partial charge in [-0.05, 0) is 113 Å². The lowest BCUT2D eigenvalue weighted by Gasteiger charge is -2.13. The Balaban J connectivity index is 1.55. The fourth-order valence-electron chi connectivity index (χ4n) is 6.91. The van der Waals surface area contributed by atoms with Crippen molar-refractivity contribution in [2.24, 2.45) is 0 Å². The second-order valence-electron chi connectivity index (χ2n) is 12.6. The van der Waals surface area contributed by atoms with Gasteiger partial charge in [0, 0.05) is 56.7 Å². The van der Waals surface area contributed by atoms with Gasteiger partial charge in [-0.3, -0.25) is 0 Å². The average Bonchev–Trinajstić information content (AvgIpc) is 3.94. The Morgan fingerprint density at radius 3 is 1.81 bits per heavy atom. The van der Waals surface area contributed by atoms with E-state index in [1.807, 2.05) is 6.07 Å². The fraction of sp³-hybridized carbons (Fsp3) is 0. The van der Waals surface area contributed by atoms with Gasteiger partial charge in [0.05, 0.1) is 28.3 Å². The lowest BCUT2D eigenvalue weighted by Crippen LogP contribution is -1.94. The second kappa shape index (κ2) is 13.7. The van der Waals surface area contributed by atoms with Gasteiger partial charge < -0.3 is 9.97 Å². The van der Waals surface area contributed by atoms with Gasteiger partial charge in [-0.25, -0.2) is 9.97 Å². The molecule has 2 N–H and O–H groups in total. The van der Waals surface area contributed by atoms with Crippen LogP contribution < -0.4 is 0 Å². The molecule has 2 aliphatic heterocycles. The third kappa shape index (κ3) is 6.38. The van der Waals surface area contributed by atoms with E-state index in [1.54, 1.807) is 0 Å². The van der Waals surface area contributed by atoms with Crippen molar-refractivity contribution >= 4 is 110 Å². The number of nitrogens with zero attached hydrogens (tertiary/aromatic N) is 2. The van der Waals surface area contributed by atoms with Gasteiger partial charge in [-0.1, -0.05) is 118 Å². The second-order valence-corrected chi connectivity index (χ2v) is 16.2. The van der Waals surface area contributed by atoms with Gasteiger partial charge in [0.1, 0.15) is 0 Å². The predicted molar refractivity (Wildman–Crippen MR) is 230 cm³/mol. The highest BCUT2D eigenvalue weighted by Crippen LogP contribution is 2.47. The van der Waals surface area contributed by atoms with Crippen LogP contribution in [0.25, 0.3) is 79.2 Å². The van der Waals surface area contributed by atoms with E-state index in [4.69, 9.17) is 9.97 Å². The molecule has 3 aromatic heterocycles. The third-order valence-electron chi connectivity index (χ3n) is 9.14. The molecule has 0 unspecified atom stereocenters. The first-order valence-electron chi connectivity index (χ1n) is 16.6. The molecule has 0 saturated carbocycles. The van der Waals surface area contributed by atoms with E-state index in [1.165, 1.54) is 0 Å². The van der Waals surface area contributed by atoms with Gasteiger partial charge in [0.15, 0.2) is 0 Å². The van der Waals surface area contributed by atoms with Crippen LogP contribution >= 0.6 is 63.7 Å². The lowest BCUT2D eigenvalue weighted by molar-refractivity contribution is 1.30. The Morgan fingerprint density at radius 1 is 0.462 bits per heavy atom. The van der Waals surface area contributed by atoms with E-state index in [9.17, 15) is 0 Å². The standard InChI is InChI=1S/C44H26Br4N4/c45-28-13-11-25(12-14-28)41-40(26-5-3-7-29(46)19-26)39-24-34-18-17-32(50-34)21-31-15-16-33(49-31)22-35-23-37(36-9-1-2-10-38(36)48)43(51-35)42(44(41)52-39)27-6-4-8-30(47)20-27/h1-24,49,52H. The summed E-state index contributed by atoms with van der Waals surface area (Å²) in [4.78, 5) is 18.0. The Labute approximate surface area is 334 Å². The first kappa shape index (κ1) is 33.3. The molecule has 0 atom stereocenters. The van der Waals surface area contributed by atoms with E-state index in [0.717, 1.165) is 107 Å². The van der Waals surface area contributed by atoms with Crippen LogP contribution in [0.5, 0.6) is 0 Å². The molecule has 250 valence electrons. The number of aromatic nitrogens is 4. The average molecular weight is 930 g/mol. The number of hydrogen-bond donors (Lipinski definition) is 2. The summed E-state index contributed by atoms with van der Waals surface area (Å²) >= 11 is 15.1. The van der Waals surface area contributed by atoms with Crippen LogP contribution in [0.2, 0.25) is 0 Å². The largest absolute Gasteiger partial charge is 0.355 e.